The van der Waals surface area contributed by atoms with E-state index in [9.17, 15) is 10.2 Å². The summed E-state index contributed by atoms with van der Waals surface area (Å²) in [4.78, 5) is 13.8. The Kier molecular flexibility index (Phi) is 9.32. The van der Waals surface area contributed by atoms with Crippen LogP contribution in [-0.2, 0) is 13.1 Å². The molecule has 0 amide bonds. The Labute approximate surface area is 266 Å². The van der Waals surface area contributed by atoms with E-state index in [-0.39, 0.29) is 12.2 Å². The number of benzene rings is 2. The molecule has 9 nitrogen and oxygen atoms in total. The van der Waals surface area contributed by atoms with Crippen molar-refractivity contribution in [1.82, 2.24) is 25.6 Å². The Morgan fingerprint density at radius 2 is 1.41 bits per heavy atom. The number of aliphatic hydroxyl groups excluding tert-OH is 2. The van der Waals surface area contributed by atoms with Crippen LogP contribution in [-0.4, -0.2) is 63.7 Å². The highest BCUT2D eigenvalue weighted by molar-refractivity contribution is 6.38. The lowest BCUT2D eigenvalue weighted by Gasteiger charge is -2.32. The molecular formula is C33H35Cl2N5O4. The number of rotatable bonds is 11. The lowest BCUT2D eigenvalue weighted by atomic mass is 9.89. The van der Waals surface area contributed by atoms with Gasteiger partial charge in [0.15, 0.2) is 0 Å². The summed E-state index contributed by atoms with van der Waals surface area (Å²) in [5.41, 5.74) is 5.82. The molecule has 0 aliphatic heterocycles. The van der Waals surface area contributed by atoms with E-state index in [1.807, 2.05) is 48.5 Å². The number of hydrogen-bond donors (Lipinski definition) is 4. The van der Waals surface area contributed by atoms with Gasteiger partial charge in [-0.05, 0) is 37.8 Å². The molecule has 11 heteroatoms. The third-order valence-electron chi connectivity index (χ3n) is 8.40. The van der Waals surface area contributed by atoms with Gasteiger partial charge in [0.25, 0.3) is 0 Å². The molecular weight excluding hydrogens is 601 g/mol. The van der Waals surface area contributed by atoms with Gasteiger partial charge in [-0.15, -0.1) is 0 Å². The van der Waals surface area contributed by atoms with Crippen LogP contribution in [0.2, 0.25) is 10.0 Å². The van der Waals surface area contributed by atoms with Gasteiger partial charge < -0.3 is 30.3 Å². The smallest absolute Gasteiger partial charge is 0.218 e. The Morgan fingerprint density at radius 1 is 0.773 bits per heavy atom. The predicted molar refractivity (Wildman–Crippen MR) is 171 cm³/mol. The summed E-state index contributed by atoms with van der Waals surface area (Å²) in [6.07, 6.45) is 4.10. The molecule has 2 aliphatic carbocycles. The van der Waals surface area contributed by atoms with E-state index in [0.29, 0.717) is 63.7 Å². The third kappa shape index (κ3) is 6.40. The van der Waals surface area contributed by atoms with Crippen LogP contribution in [0.3, 0.4) is 0 Å². The van der Waals surface area contributed by atoms with Crippen molar-refractivity contribution in [2.45, 2.75) is 63.1 Å². The van der Waals surface area contributed by atoms with Gasteiger partial charge in [-0.2, -0.15) is 0 Å². The lowest BCUT2D eigenvalue weighted by molar-refractivity contribution is 0.0615. The first-order chi connectivity index (χ1) is 21.3. The zero-order valence-corrected chi connectivity index (χ0v) is 26.1. The summed E-state index contributed by atoms with van der Waals surface area (Å²) in [6.45, 7) is 1.22. The zero-order valence-electron chi connectivity index (χ0n) is 24.6. The first kappa shape index (κ1) is 30.7. The first-order valence-corrected chi connectivity index (χ1v) is 15.4. The number of pyridine rings is 1. The van der Waals surface area contributed by atoms with Gasteiger partial charge in [-0.1, -0.05) is 59.6 Å². The molecule has 230 valence electrons. The number of halogens is 2. The maximum atomic E-state index is 9.57. The van der Waals surface area contributed by atoms with Gasteiger partial charge in [0.1, 0.15) is 12.1 Å². The second-order valence-corrected chi connectivity index (χ2v) is 12.1. The zero-order chi connectivity index (χ0) is 30.8. The Bertz CT molecular complexity index is 1520. The average molecular weight is 637 g/mol. The number of hydrogen-bond acceptors (Lipinski definition) is 9. The van der Waals surface area contributed by atoms with Gasteiger partial charge in [0.2, 0.25) is 5.88 Å². The molecule has 2 aromatic heterocycles. The Hall–Kier alpha value is -3.31. The number of aromatic nitrogens is 3. The number of methoxy groups -OCH3 is 2. The molecule has 2 fully saturated rings. The van der Waals surface area contributed by atoms with Gasteiger partial charge in [-0.25, -0.2) is 15.0 Å². The van der Waals surface area contributed by atoms with E-state index in [4.69, 9.17) is 37.7 Å². The minimum Gasteiger partial charge on any atom is -0.496 e. The van der Waals surface area contributed by atoms with Crippen LogP contribution >= 0.6 is 23.2 Å². The third-order valence-corrected chi connectivity index (χ3v) is 9.17. The van der Waals surface area contributed by atoms with Gasteiger partial charge in [-0.3, -0.25) is 0 Å². The SMILES string of the molecule is COc1cc(-c2ncnc(-c3cccc(-c4ccc(CNC5CC(O)C5)c(OC)n4)c3Cl)c2Cl)ccc1CNC1CC(O)C1. The van der Waals surface area contributed by atoms with E-state index in [1.54, 1.807) is 14.2 Å². The normalized spacial score (nSPS) is 21.0. The van der Waals surface area contributed by atoms with Crippen LogP contribution in [0.4, 0.5) is 0 Å². The molecule has 6 rings (SSSR count). The number of nitrogens with zero attached hydrogens (tertiary/aromatic N) is 3. The van der Waals surface area contributed by atoms with E-state index < -0.39 is 0 Å². The molecule has 2 aromatic carbocycles. The van der Waals surface area contributed by atoms with Crippen molar-refractivity contribution in [3.05, 3.63) is 76.0 Å². The molecule has 0 unspecified atom stereocenters. The van der Waals surface area contributed by atoms with E-state index in [0.717, 1.165) is 53.7 Å². The lowest BCUT2D eigenvalue weighted by Crippen LogP contribution is -2.43. The molecule has 0 atom stereocenters. The van der Waals surface area contributed by atoms with Crippen molar-refractivity contribution in [1.29, 1.82) is 0 Å². The molecule has 4 N–H and O–H groups in total. The maximum absolute atomic E-state index is 9.57. The summed E-state index contributed by atoms with van der Waals surface area (Å²) in [7, 11) is 3.24. The molecule has 2 aliphatic rings. The largest absolute Gasteiger partial charge is 0.496 e. The minimum atomic E-state index is -0.215. The summed E-state index contributed by atoms with van der Waals surface area (Å²) in [6, 6.07) is 16.1. The topological polar surface area (TPSA) is 122 Å². The molecule has 2 saturated carbocycles. The second-order valence-electron chi connectivity index (χ2n) is 11.3. The molecule has 0 radical (unpaired) electrons. The van der Waals surface area contributed by atoms with Crippen LogP contribution in [0, 0.1) is 0 Å². The minimum absolute atomic E-state index is 0.208. The van der Waals surface area contributed by atoms with Crippen molar-refractivity contribution in [2.75, 3.05) is 14.2 Å². The monoisotopic (exact) mass is 635 g/mol. The standard InChI is InChI=1S/C33H35Cl2N5O4/c1-43-28-10-18(6-7-19(28)15-36-21-11-23(41)12-21)31-30(35)32(39-17-38-31)26-5-3-4-25(29(26)34)27-9-8-20(33(40-27)44-2)16-37-22-13-24(42)14-22/h3-10,17,21-24,36-37,41-42H,11-16H2,1-2H3. The average Bonchev–Trinajstić information content (AvgIpc) is 3.00. The van der Waals surface area contributed by atoms with E-state index >= 15 is 0 Å². The Morgan fingerprint density at radius 3 is 2.07 bits per heavy atom. The highest BCUT2D eigenvalue weighted by Gasteiger charge is 2.28. The van der Waals surface area contributed by atoms with Gasteiger partial charge in [0, 0.05) is 53.0 Å². The van der Waals surface area contributed by atoms with Crippen molar-refractivity contribution in [3.8, 4) is 45.4 Å². The van der Waals surface area contributed by atoms with Crippen LogP contribution in [0.1, 0.15) is 36.8 Å². The highest BCUT2D eigenvalue weighted by Crippen LogP contribution is 2.41. The summed E-state index contributed by atoms with van der Waals surface area (Å²) in [5, 5.41) is 26.9. The summed E-state index contributed by atoms with van der Waals surface area (Å²) in [5.74, 6) is 1.23. The van der Waals surface area contributed by atoms with Crippen molar-refractivity contribution in [3.63, 3.8) is 0 Å². The predicted octanol–water partition coefficient (Wildman–Crippen LogP) is 5.42. The molecule has 4 aromatic rings. The maximum Gasteiger partial charge on any atom is 0.218 e. The van der Waals surface area contributed by atoms with Crippen LogP contribution in [0.15, 0.2) is 54.9 Å². The first-order valence-electron chi connectivity index (χ1n) is 14.7. The summed E-state index contributed by atoms with van der Waals surface area (Å²) < 4.78 is 11.3. The molecule has 44 heavy (non-hydrogen) atoms. The fourth-order valence-corrected chi connectivity index (χ4v) is 6.28. The van der Waals surface area contributed by atoms with Crippen molar-refractivity contribution < 1.29 is 19.7 Å². The number of nitrogens with one attached hydrogen (secondary N) is 2. The number of aliphatic hydroxyl groups is 2. The van der Waals surface area contributed by atoms with Crippen molar-refractivity contribution >= 4 is 23.2 Å². The highest BCUT2D eigenvalue weighted by atomic mass is 35.5. The van der Waals surface area contributed by atoms with Gasteiger partial charge in [0.05, 0.1) is 53.6 Å². The fraction of sp³-hybridized carbons (Fsp3) is 0.364. The van der Waals surface area contributed by atoms with Crippen molar-refractivity contribution in [2.24, 2.45) is 0 Å². The molecule has 0 saturated heterocycles. The van der Waals surface area contributed by atoms with E-state index in [2.05, 4.69) is 20.6 Å². The fourth-order valence-electron chi connectivity index (χ4n) is 5.66. The van der Waals surface area contributed by atoms with Crippen LogP contribution < -0.4 is 20.1 Å². The van der Waals surface area contributed by atoms with Gasteiger partial charge >= 0.3 is 0 Å². The van der Waals surface area contributed by atoms with Crippen LogP contribution in [0.25, 0.3) is 33.8 Å². The van der Waals surface area contributed by atoms with Crippen LogP contribution in [0.5, 0.6) is 11.6 Å². The molecule has 0 spiro atoms. The second kappa shape index (κ2) is 13.4. The molecule has 0 bridgehead atoms. The summed E-state index contributed by atoms with van der Waals surface area (Å²) >= 11 is 14.0. The number of ether oxygens (including phenoxy) is 2. The Balaban J connectivity index is 1.25. The quantitative estimate of drug-likeness (QED) is 0.171. The molecule has 2 heterocycles. The van der Waals surface area contributed by atoms with E-state index in [1.165, 1.54) is 6.33 Å².